The van der Waals surface area contributed by atoms with Crippen LogP contribution in [-0.4, -0.2) is 19.3 Å². The predicted octanol–water partition coefficient (Wildman–Crippen LogP) is 2.57. The van der Waals surface area contributed by atoms with E-state index in [1.54, 1.807) is 0 Å². The average molecular weight is 183 g/mol. The van der Waals surface area contributed by atoms with Crippen molar-refractivity contribution in [2.24, 2.45) is 5.92 Å². The van der Waals surface area contributed by atoms with E-state index < -0.39 is 12.7 Å². The zero-order chi connectivity index (χ0) is 9.61. The van der Waals surface area contributed by atoms with E-state index in [0.29, 0.717) is 12.5 Å². The Bertz CT molecular complexity index is 111. The van der Waals surface area contributed by atoms with Gasteiger partial charge in [-0.3, -0.25) is 0 Å². The summed E-state index contributed by atoms with van der Waals surface area (Å²) in [6.07, 6.45) is -2.24. The van der Waals surface area contributed by atoms with E-state index >= 15 is 0 Å². The Morgan fingerprint density at radius 1 is 1.33 bits per heavy atom. The van der Waals surface area contributed by atoms with E-state index in [4.69, 9.17) is 0 Å². The molecule has 1 unspecified atom stereocenters. The van der Waals surface area contributed by atoms with Crippen molar-refractivity contribution in [3.63, 3.8) is 0 Å². The fraction of sp³-hybridized carbons (Fsp3) is 1.00. The Kier molecular flexibility index (Phi) is 5.29. The van der Waals surface area contributed by atoms with Gasteiger partial charge in [0.15, 0.2) is 0 Å². The molecule has 4 heteroatoms. The lowest BCUT2D eigenvalue weighted by molar-refractivity contribution is -0.124. The third-order valence-corrected chi connectivity index (χ3v) is 1.84. The summed E-state index contributed by atoms with van der Waals surface area (Å²) in [6, 6.07) is 0. The van der Waals surface area contributed by atoms with E-state index in [-0.39, 0.29) is 0 Å². The van der Waals surface area contributed by atoms with E-state index in [1.165, 1.54) is 0 Å². The minimum absolute atomic E-state index is 0.453. The first-order chi connectivity index (χ1) is 5.45. The average Bonchev–Trinajstić information content (AvgIpc) is 1.96. The molecule has 0 spiro atoms. The van der Waals surface area contributed by atoms with Gasteiger partial charge in [0.25, 0.3) is 0 Å². The van der Waals surface area contributed by atoms with Crippen molar-refractivity contribution >= 4 is 0 Å². The van der Waals surface area contributed by atoms with Crippen LogP contribution in [0.15, 0.2) is 0 Å². The Morgan fingerprint density at radius 3 is 2.33 bits per heavy atom. The van der Waals surface area contributed by atoms with Crippen LogP contribution in [0.2, 0.25) is 0 Å². The molecule has 0 aromatic heterocycles. The first-order valence-electron chi connectivity index (χ1n) is 4.23. The summed E-state index contributed by atoms with van der Waals surface area (Å²) in [4.78, 5) is 0. The van der Waals surface area contributed by atoms with Gasteiger partial charge >= 0.3 is 6.18 Å². The number of nitrogens with one attached hydrogen (secondary N) is 1. The highest BCUT2D eigenvalue weighted by molar-refractivity contribution is 4.58. The predicted molar refractivity (Wildman–Crippen MR) is 43.0 cm³/mol. The maximum atomic E-state index is 11.6. The molecule has 0 heterocycles. The first kappa shape index (κ1) is 11.8. The molecule has 0 aromatic rings. The van der Waals surface area contributed by atoms with Crippen molar-refractivity contribution in [2.45, 2.75) is 32.9 Å². The van der Waals surface area contributed by atoms with Gasteiger partial charge in [-0.05, 0) is 18.9 Å². The smallest absolute Gasteiger partial charge is 0.309 e. The van der Waals surface area contributed by atoms with Crippen LogP contribution in [0, 0.1) is 5.92 Å². The summed E-state index contributed by atoms with van der Waals surface area (Å²) in [5, 5.41) is 2.37. The number of rotatable bonds is 5. The molecule has 12 heavy (non-hydrogen) atoms. The standard InChI is InChI=1S/C8H16F3N/c1-3-7(2)4-5-12-6-8(9,10)11/h7,12H,3-6H2,1-2H3. The van der Waals surface area contributed by atoms with Crippen molar-refractivity contribution in [3.05, 3.63) is 0 Å². The summed E-state index contributed by atoms with van der Waals surface area (Å²) < 4.78 is 34.8. The highest BCUT2D eigenvalue weighted by Crippen LogP contribution is 2.12. The molecule has 0 aliphatic rings. The zero-order valence-electron chi connectivity index (χ0n) is 7.54. The van der Waals surface area contributed by atoms with E-state index in [9.17, 15) is 13.2 Å². The Hall–Kier alpha value is -0.250. The summed E-state index contributed by atoms with van der Waals surface area (Å²) in [5.41, 5.74) is 0. The van der Waals surface area contributed by atoms with Crippen LogP contribution < -0.4 is 5.32 Å². The van der Waals surface area contributed by atoms with E-state index in [2.05, 4.69) is 5.32 Å². The normalized spacial score (nSPS) is 14.8. The van der Waals surface area contributed by atoms with Gasteiger partial charge < -0.3 is 5.32 Å². The van der Waals surface area contributed by atoms with Gasteiger partial charge in [0.05, 0.1) is 6.54 Å². The fourth-order valence-electron chi connectivity index (χ4n) is 0.783. The minimum Gasteiger partial charge on any atom is -0.309 e. The highest BCUT2D eigenvalue weighted by Gasteiger charge is 2.25. The van der Waals surface area contributed by atoms with Crippen molar-refractivity contribution < 1.29 is 13.2 Å². The molecule has 0 bridgehead atoms. The van der Waals surface area contributed by atoms with Gasteiger partial charge in [0.1, 0.15) is 0 Å². The molecule has 1 atom stereocenters. The Labute approximate surface area is 71.3 Å². The molecule has 0 aliphatic heterocycles. The molecule has 0 radical (unpaired) electrons. The van der Waals surface area contributed by atoms with Crippen LogP contribution >= 0.6 is 0 Å². The SMILES string of the molecule is CCC(C)CCNCC(F)(F)F. The van der Waals surface area contributed by atoms with Gasteiger partial charge in [0, 0.05) is 0 Å². The van der Waals surface area contributed by atoms with Crippen LogP contribution in [0.4, 0.5) is 13.2 Å². The second kappa shape index (κ2) is 5.41. The Balaban J connectivity index is 3.22. The van der Waals surface area contributed by atoms with Crippen LogP contribution in [0.25, 0.3) is 0 Å². The summed E-state index contributed by atoms with van der Waals surface area (Å²) in [6.45, 7) is 3.65. The van der Waals surface area contributed by atoms with Crippen LogP contribution in [-0.2, 0) is 0 Å². The van der Waals surface area contributed by atoms with Gasteiger partial charge in [0.2, 0.25) is 0 Å². The maximum absolute atomic E-state index is 11.6. The number of hydrogen-bond donors (Lipinski definition) is 1. The lowest BCUT2D eigenvalue weighted by atomic mass is 10.1. The minimum atomic E-state index is -4.07. The largest absolute Gasteiger partial charge is 0.401 e. The first-order valence-corrected chi connectivity index (χ1v) is 4.23. The van der Waals surface area contributed by atoms with Crippen LogP contribution in [0.1, 0.15) is 26.7 Å². The van der Waals surface area contributed by atoms with Gasteiger partial charge in [-0.2, -0.15) is 13.2 Å². The number of halogens is 3. The van der Waals surface area contributed by atoms with E-state index in [0.717, 1.165) is 12.8 Å². The molecule has 1 nitrogen and oxygen atoms in total. The topological polar surface area (TPSA) is 12.0 Å². The number of alkyl halides is 3. The molecule has 74 valence electrons. The molecule has 0 aromatic carbocycles. The van der Waals surface area contributed by atoms with Crippen molar-refractivity contribution in [2.75, 3.05) is 13.1 Å². The quantitative estimate of drug-likeness (QED) is 0.646. The Morgan fingerprint density at radius 2 is 1.92 bits per heavy atom. The highest BCUT2D eigenvalue weighted by atomic mass is 19.4. The molecule has 0 saturated carbocycles. The number of hydrogen-bond acceptors (Lipinski definition) is 1. The maximum Gasteiger partial charge on any atom is 0.401 e. The van der Waals surface area contributed by atoms with Crippen LogP contribution in [0.5, 0.6) is 0 Å². The van der Waals surface area contributed by atoms with Crippen molar-refractivity contribution in [1.82, 2.24) is 5.32 Å². The second-order valence-corrected chi connectivity index (χ2v) is 3.09. The molecule has 0 fully saturated rings. The summed E-state index contributed by atoms with van der Waals surface area (Å²) >= 11 is 0. The van der Waals surface area contributed by atoms with Crippen LogP contribution in [0.3, 0.4) is 0 Å². The lowest BCUT2D eigenvalue weighted by Gasteiger charge is -2.10. The monoisotopic (exact) mass is 183 g/mol. The summed E-state index contributed by atoms with van der Waals surface area (Å²) in [7, 11) is 0. The molecule has 0 amide bonds. The molecule has 0 rings (SSSR count). The zero-order valence-corrected chi connectivity index (χ0v) is 7.54. The van der Waals surface area contributed by atoms with Gasteiger partial charge in [-0.15, -0.1) is 0 Å². The molecule has 0 aliphatic carbocycles. The van der Waals surface area contributed by atoms with Crippen molar-refractivity contribution in [1.29, 1.82) is 0 Å². The molecular weight excluding hydrogens is 167 g/mol. The molecule has 0 saturated heterocycles. The molecule has 1 N–H and O–H groups in total. The fourth-order valence-corrected chi connectivity index (χ4v) is 0.783. The molecular formula is C8H16F3N. The van der Waals surface area contributed by atoms with E-state index in [1.807, 2.05) is 13.8 Å². The third-order valence-electron chi connectivity index (χ3n) is 1.84. The second-order valence-electron chi connectivity index (χ2n) is 3.09. The summed E-state index contributed by atoms with van der Waals surface area (Å²) in [5.74, 6) is 0.505. The van der Waals surface area contributed by atoms with Gasteiger partial charge in [-0.1, -0.05) is 20.3 Å². The third kappa shape index (κ3) is 7.85. The van der Waals surface area contributed by atoms with Gasteiger partial charge in [-0.25, -0.2) is 0 Å². The van der Waals surface area contributed by atoms with Crippen molar-refractivity contribution in [3.8, 4) is 0 Å². The lowest BCUT2D eigenvalue weighted by Crippen LogP contribution is -2.30.